The van der Waals surface area contributed by atoms with E-state index in [4.69, 9.17) is 4.52 Å². The third-order valence-electron chi connectivity index (χ3n) is 3.77. The number of amides is 2. The average molecular weight is 278 g/mol. The molecular formula is C13H18N4O3. The van der Waals surface area contributed by atoms with E-state index in [1.807, 2.05) is 0 Å². The first kappa shape index (κ1) is 13.1. The third-order valence-corrected chi connectivity index (χ3v) is 3.77. The van der Waals surface area contributed by atoms with Crippen LogP contribution in [-0.4, -0.2) is 46.0 Å². The van der Waals surface area contributed by atoms with Crippen LogP contribution >= 0.6 is 0 Å². The molecule has 7 heteroatoms. The summed E-state index contributed by atoms with van der Waals surface area (Å²) >= 11 is 0. The molecule has 1 saturated carbocycles. The predicted molar refractivity (Wildman–Crippen MR) is 68.6 cm³/mol. The van der Waals surface area contributed by atoms with Gasteiger partial charge in [0, 0.05) is 32.9 Å². The third kappa shape index (κ3) is 2.81. The molecule has 3 rings (SSSR count). The van der Waals surface area contributed by atoms with Gasteiger partial charge in [0.25, 0.3) is 0 Å². The molecule has 0 spiro atoms. The van der Waals surface area contributed by atoms with Gasteiger partial charge in [0.2, 0.25) is 17.7 Å². The monoisotopic (exact) mass is 278 g/mol. The molecule has 2 fully saturated rings. The van der Waals surface area contributed by atoms with Gasteiger partial charge in [-0.15, -0.1) is 0 Å². The van der Waals surface area contributed by atoms with Gasteiger partial charge in [-0.1, -0.05) is 5.16 Å². The normalized spacial score (nSPS) is 23.6. The molecule has 0 aromatic carbocycles. The van der Waals surface area contributed by atoms with Gasteiger partial charge in [-0.05, 0) is 18.8 Å². The van der Waals surface area contributed by atoms with E-state index < -0.39 is 0 Å². The molecule has 1 atom stereocenters. The summed E-state index contributed by atoms with van der Waals surface area (Å²) in [6.07, 6.45) is 2.96. The lowest BCUT2D eigenvalue weighted by atomic mass is 10.1. The molecule has 2 aliphatic rings. The number of rotatable bonds is 4. The molecule has 1 unspecified atom stereocenters. The molecule has 1 aliphatic heterocycles. The van der Waals surface area contributed by atoms with E-state index in [0.29, 0.717) is 43.6 Å². The summed E-state index contributed by atoms with van der Waals surface area (Å²) in [5.74, 6) is 1.43. The number of hydrogen-bond donors (Lipinski definition) is 1. The van der Waals surface area contributed by atoms with Crippen molar-refractivity contribution in [2.45, 2.75) is 38.6 Å². The summed E-state index contributed by atoms with van der Waals surface area (Å²) in [5, 5.41) is 6.67. The van der Waals surface area contributed by atoms with Gasteiger partial charge in [-0.3, -0.25) is 9.59 Å². The van der Waals surface area contributed by atoms with Gasteiger partial charge >= 0.3 is 0 Å². The maximum atomic E-state index is 12.4. The SMILES string of the molecule is Cc1nc(CCN2CCC(=O)NC(C3CC3)C2=O)no1. The van der Waals surface area contributed by atoms with Gasteiger partial charge in [-0.2, -0.15) is 4.98 Å². The second kappa shape index (κ2) is 5.22. The van der Waals surface area contributed by atoms with Crippen molar-refractivity contribution in [1.82, 2.24) is 20.4 Å². The molecule has 0 bridgehead atoms. The van der Waals surface area contributed by atoms with E-state index in [2.05, 4.69) is 15.5 Å². The highest BCUT2D eigenvalue weighted by Gasteiger charge is 2.40. The highest BCUT2D eigenvalue weighted by atomic mass is 16.5. The summed E-state index contributed by atoms with van der Waals surface area (Å²) in [6.45, 7) is 2.72. The number of nitrogens with zero attached hydrogens (tertiary/aromatic N) is 3. The van der Waals surface area contributed by atoms with Crippen molar-refractivity contribution in [3.05, 3.63) is 11.7 Å². The van der Waals surface area contributed by atoms with Crippen LogP contribution in [0.4, 0.5) is 0 Å². The highest BCUT2D eigenvalue weighted by Crippen LogP contribution is 2.34. The van der Waals surface area contributed by atoms with Crippen LogP contribution < -0.4 is 5.32 Å². The highest BCUT2D eigenvalue weighted by molar-refractivity contribution is 5.90. The molecule has 1 aliphatic carbocycles. The lowest BCUT2D eigenvalue weighted by Crippen LogP contribution is -2.46. The van der Waals surface area contributed by atoms with Crippen molar-refractivity contribution in [2.75, 3.05) is 13.1 Å². The Morgan fingerprint density at radius 3 is 2.85 bits per heavy atom. The second-order valence-corrected chi connectivity index (χ2v) is 5.44. The van der Waals surface area contributed by atoms with E-state index in [-0.39, 0.29) is 17.9 Å². The minimum Gasteiger partial charge on any atom is -0.344 e. The van der Waals surface area contributed by atoms with Crippen LogP contribution in [0.25, 0.3) is 0 Å². The molecule has 20 heavy (non-hydrogen) atoms. The largest absolute Gasteiger partial charge is 0.344 e. The number of hydrogen-bond acceptors (Lipinski definition) is 5. The van der Waals surface area contributed by atoms with Crippen LogP contribution in [0.15, 0.2) is 4.52 Å². The van der Waals surface area contributed by atoms with E-state index in [1.165, 1.54) is 0 Å². The maximum Gasteiger partial charge on any atom is 0.245 e. The average Bonchev–Trinajstić information content (AvgIpc) is 3.19. The molecule has 1 aromatic rings. The fourth-order valence-corrected chi connectivity index (χ4v) is 2.50. The van der Waals surface area contributed by atoms with Crippen LogP contribution in [0.1, 0.15) is 31.0 Å². The lowest BCUT2D eigenvalue weighted by molar-refractivity contribution is -0.134. The molecule has 2 heterocycles. The second-order valence-electron chi connectivity index (χ2n) is 5.44. The fraction of sp³-hybridized carbons (Fsp3) is 0.692. The van der Waals surface area contributed by atoms with Crippen LogP contribution in [0.3, 0.4) is 0 Å². The van der Waals surface area contributed by atoms with Gasteiger partial charge in [0.15, 0.2) is 5.82 Å². The van der Waals surface area contributed by atoms with Gasteiger partial charge in [0.1, 0.15) is 6.04 Å². The Morgan fingerprint density at radius 2 is 2.20 bits per heavy atom. The molecule has 1 N–H and O–H groups in total. The number of aryl methyl sites for hydroxylation is 1. The van der Waals surface area contributed by atoms with Crippen molar-refractivity contribution in [3.8, 4) is 0 Å². The van der Waals surface area contributed by atoms with Crippen LogP contribution in [-0.2, 0) is 16.0 Å². The first-order valence-corrected chi connectivity index (χ1v) is 7.01. The van der Waals surface area contributed by atoms with Gasteiger partial charge in [-0.25, -0.2) is 0 Å². The molecular weight excluding hydrogens is 260 g/mol. The van der Waals surface area contributed by atoms with Crippen molar-refractivity contribution >= 4 is 11.8 Å². The summed E-state index contributed by atoms with van der Waals surface area (Å²) in [6, 6.07) is -0.336. The molecule has 1 aromatic heterocycles. The predicted octanol–water partition coefficient (Wildman–Crippen LogP) is 0.0476. The Kier molecular flexibility index (Phi) is 3.42. The zero-order chi connectivity index (χ0) is 14.1. The van der Waals surface area contributed by atoms with E-state index in [9.17, 15) is 9.59 Å². The summed E-state index contributed by atoms with van der Waals surface area (Å²) in [7, 11) is 0. The Bertz CT molecular complexity index is 523. The first-order chi connectivity index (χ1) is 9.63. The maximum absolute atomic E-state index is 12.4. The van der Waals surface area contributed by atoms with Crippen LogP contribution in [0.5, 0.6) is 0 Å². The topological polar surface area (TPSA) is 88.3 Å². The summed E-state index contributed by atoms with van der Waals surface area (Å²) < 4.78 is 4.91. The zero-order valence-corrected chi connectivity index (χ0v) is 11.5. The minimum absolute atomic E-state index is 0.0265. The Hall–Kier alpha value is -1.92. The summed E-state index contributed by atoms with van der Waals surface area (Å²) in [4.78, 5) is 30.0. The fourth-order valence-electron chi connectivity index (χ4n) is 2.50. The molecule has 7 nitrogen and oxygen atoms in total. The smallest absolute Gasteiger partial charge is 0.245 e. The number of carbonyl (C=O) groups is 2. The van der Waals surface area contributed by atoms with Gasteiger partial charge < -0.3 is 14.7 Å². The molecule has 108 valence electrons. The Morgan fingerprint density at radius 1 is 1.40 bits per heavy atom. The minimum atomic E-state index is -0.336. The number of aromatic nitrogens is 2. The van der Waals surface area contributed by atoms with Crippen molar-refractivity contribution < 1.29 is 14.1 Å². The van der Waals surface area contributed by atoms with E-state index >= 15 is 0 Å². The standard InChI is InChI=1S/C13H18N4O3/c1-8-14-10(16-20-8)4-6-17-7-5-11(18)15-12(13(17)19)9-2-3-9/h9,12H,2-7H2,1H3,(H,15,18). The Balaban J connectivity index is 1.64. The molecule has 2 amide bonds. The number of nitrogens with one attached hydrogen (secondary N) is 1. The first-order valence-electron chi connectivity index (χ1n) is 7.01. The van der Waals surface area contributed by atoms with Crippen molar-refractivity contribution in [1.29, 1.82) is 0 Å². The van der Waals surface area contributed by atoms with Gasteiger partial charge in [0.05, 0.1) is 0 Å². The quantitative estimate of drug-likeness (QED) is 0.840. The van der Waals surface area contributed by atoms with Crippen LogP contribution in [0, 0.1) is 12.8 Å². The van der Waals surface area contributed by atoms with Crippen molar-refractivity contribution in [3.63, 3.8) is 0 Å². The van der Waals surface area contributed by atoms with Crippen molar-refractivity contribution in [2.24, 2.45) is 5.92 Å². The molecule has 1 saturated heterocycles. The lowest BCUT2D eigenvalue weighted by Gasteiger charge is -2.23. The zero-order valence-electron chi connectivity index (χ0n) is 11.5. The Labute approximate surface area is 116 Å². The number of carbonyl (C=O) groups excluding carboxylic acids is 2. The van der Waals surface area contributed by atoms with Crippen LogP contribution in [0.2, 0.25) is 0 Å². The van der Waals surface area contributed by atoms with E-state index in [0.717, 1.165) is 12.8 Å². The molecule has 0 radical (unpaired) electrons. The summed E-state index contributed by atoms with van der Waals surface area (Å²) in [5.41, 5.74) is 0. The van der Waals surface area contributed by atoms with E-state index in [1.54, 1.807) is 11.8 Å².